The molecule has 3 atom stereocenters. The molecule has 2 aliphatic rings. The molecule has 23 heavy (non-hydrogen) atoms. The van der Waals surface area contributed by atoms with E-state index in [-0.39, 0.29) is 29.9 Å². The Morgan fingerprint density at radius 2 is 2.26 bits per heavy atom. The molecule has 0 N–H and O–H groups in total. The third-order valence-electron chi connectivity index (χ3n) is 4.58. The van der Waals surface area contributed by atoms with E-state index < -0.39 is 5.82 Å². The fourth-order valence-electron chi connectivity index (χ4n) is 3.51. The van der Waals surface area contributed by atoms with Crippen molar-refractivity contribution in [3.63, 3.8) is 0 Å². The van der Waals surface area contributed by atoms with E-state index in [1.54, 1.807) is 4.90 Å². The summed E-state index contributed by atoms with van der Waals surface area (Å²) in [5, 5.41) is 0. The second-order valence-corrected chi connectivity index (χ2v) is 5.82. The number of carbonyl (C=O) groups excluding carboxylic acids is 1. The Kier molecular flexibility index (Phi) is 4.82. The first kappa shape index (κ1) is 16.2. The lowest BCUT2D eigenvalue weighted by Crippen LogP contribution is -2.46. The van der Waals surface area contributed by atoms with Gasteiger partial charge in [-0.15, -0.1) is 0 Å². The van der Waals surface area contributed by atoms with Gasteiger partial charge in [0.05, 0.1) is 25.9 Å². The molecule has 2 bridgehead atoms. The first-order valence-electron chi connectivity index (χ1n) is 8.03. The number of amides is 1. The normalized spacial score (nSPS) is 26.9. The van der Waals surface area contributed by atoms with Crippen LogP contribution in [-0.4, -0.2) is 55.9 Å². The molecular weight excluding hydrogens is 301 g/mol. The van der Waals surface area contributed by atoms with Crippen LogP contribution in [0.15, 0.2) is 18.2 Å². The van der Waals surface area contributed by atoms with Crippen LogP contribution >= 0.6 is 0 Å². The van der Waals surface area contributed by atoms with Crippen molar-refractivity contribution < 1.29 is 23.4 Å². The number of benzene rings is 1. The molecule has 1 heterocycles. The standard InChI is InChI=1S/C17H22FNO4/c1-3-22-16-13-6-7-14(16)23-9-8-19(13)17(20)11-4-5-12(18)15(10-11)21-2/h4-5,10,13-14,16H,3,6-9H2,1-2H3. The first-order chi connectivity index (χ1) is 11.2. The molecule has 1 aromatic rings. The van der Waals surface area contributed by atoms with Gasteiger partial charge < -0.3 is 19.1 Å². The Morgan fingerprint density at radius 1 is 1.43 bits per heavy atom. The Bertz CT molecular complexity index is 580. The highest BCUT2D eigenvalue weighted by Gasteiger charge is 2.44. The summed E-state index contributed by atoms with van der Waals surface area (Å²) < 4.78 is 30.2. The lowest BCUT2D eigenvalue weighted by molar-refractivity contribution is -0.0484. The summed E-state index contributed by atoms with van der Waals surface area (Å²) in [6.07, 6.45) is 1.72. The van der Waals surface area contributed by atoms with Gasteiger partial charge in [-0.05, 0) is 38.0 Å². The van der Waals surface area contributed by atoms with Crippen molar-refractivity contribution in [2.75, 3.05) is 26.9 Å². The highest BCUT2D eigenvalue weighted by molar-refractivity contribution is 5.95. The SMILES string of the molecule is CCOC1C2CCC1N(C(=O)c1ccc(F)c(OC)c1)CCO2. The van der Waals surface area contributed by atoms with Crippen molar-refractivity contribution >= 4 is 5.91 Å². The lowest BCUT2D eigenvalue weighted by Gasteiger charge is -2.31. The third kappa shape index (κ3) is 3.05. The molecule has 3 rings (SSSR count). The minimum absolute atomic E-state index is 0.00555. The van der Waals surface area contributed by atoms with Crippen molar-refractivity contribution in [3.8, 4) is 5.75 Å². The number of fused-ring (bicyclic) bond motifs is 2. The highest BCUT2D eigenvalue weighted by atomic mass is 19.1. The van der Waals surface area contributed by atoms with Crippen LogP contribution in [0.25, 0.3) is 0 Å². The molecule has 1 aliphatic heterocycles. The van der Waals surface area contributed by atoms with Crippen molar-refractivity contribution in [2.24, 2.45) is 0 Å². The highest BCUT2D eigenvalue weighted by Crippen LogP contribution is 2.33. The quantitative estimate of drug-likeness (QED) is 0.853. The van der Waals surface area contributed by atoms with Gasteiger partial charge in [0.2, 0.25) is 0 Å². The van der Waals surface area contributed by atoms with E-state index in [9.17, 15) is 9.18 Å². The van der Waals surface area contributed by atoms with E-state index in [0.29, 0.717) is 25.3 Å². The van der Waals surface area contributed by atoms with E-state index in [2.05, 4.69) is 0 Å². The van der Waals surface area contributed by atoms with Crippen LogP contribution in [0.1, 0.15) is 30.1 Å². The van der Waals surface area contributed by atoms with Crippen LogP contribution < -0.4 is 4.74 Å². The summed E-state index contributed by atoms with van der Waals surface area (Å²) in [5.41, 5.74) is 0.420. The van der Waals surface area contributed by atoms with Gasteiger partial charge in [0.1, 0.15) is 6.10 Å². The van der Waals surface area contributed by atoms with Gasteiger partial charge in [0.15, 0.2) is 11.6 Å². The zero-order chi connectivity index (χ0) is 16.4. The van der Waals surface area contributed by atoms with Gasteiger partial charge in [-0.3, -0.25) is 4.79 Å². The van der Waals surface area contributed by atoms with Gasteiger partial charge in [-0.2, -0.15) is 0 Å². The Labute approximate surface area is 135 Å². The van der Waals surface area contributed by atoms with Gasteiger partial charge in [-0.1, -0.05) is 0 Å². The number of methoxy groups -OCH3 is 1. The molecule has 1 amide bonds. The van der Waals surface area contributed by atoms with Crippen molar-refractivity contribution in [1.29, 1.82) is 0 Å². The second-order valence-electron chi connectivity index (χ2n) is 5.82. The summed E-state index contributed by atoms with van der Waals surface area (Å²) in [5.74, 6) is -0.534. The summed E-state index contributed by atoms with van der Waals surface area (Å²) in [7, 11) is 1.39. The maximum absolute atomic E-state index is 13.6. The van der Waals surface area contributed by atoms with Crippen LogP contribution in [-0.2, 0) is 9.47 Å². The average molecular weight is 323 g/mol. The van der Waals surface area contributed by atoms with Crippen molar-refractivity contribution in [2.45, 2.75) is 38.0 Å². The molecule has 0 spiro atoms. The monoisotopic (exact) mass is 323 g/mol. The van der Waals surface area contributed by atoms with Gasteiger partial charge in [0, 0.05) is 18.7 Å². The Morgan fingerprint density at radius 3 is 3.00 bits per heavy atom. The molecule has 126 valence electrons. The molecule has 2 fully saturated rings. The topological polar surface area (TPSA) is 48.0 Å². The molecular formula is C17H22FNO4. The molecule has 1 saturated carbocycles. The molecule has 1 aliphatic carbocycles. The van der Waals surface area contributed by atoms with E-state index in [4.69, 9.17) is 14.2 Å². The van der Waals surface area contributed by atoms with Crippen molar-refractivity contribution in [1.82, 2.24) is 4.90 Å². The zero-order valence-corrected chi connectivity index (χ0v) is 13.5. The third-order valence-corrected chi connectivity index (χ3v) is 4.58. The molecule has 5 nitrogen and oxygen atoms in total. The molecule has 0 aromatic heterocycles. The smallest absolute Gasteiger partial charge is 0.254 e. The zero-order valence-electron chi connectivity index (χ0n) is 13.5. The number of halogens is 1. The number of hydrogen-bond donors (Lipinski definition) is 0. The number of rotatable bonds is 4. The van der Waals surface area contributed by atoms with Crippen LogP contribution in [0.2, 0.25) is 0 Å². The second kappa shape index (κ2) is 6.84. The van der Waals surface area contributed by atoms with Crippen LogP contribution in [0, 0.1) is 5.82 Å². The fraction of sp³-hybridized carbons (Fsp3) is 0.588. The maximum atomic E-state index is 13.6. The van der Waals surface area contributed by atoms with E-state index >= 15 is 0 Å². The minimum atomic E-state index is -0.476. The van der Waals surface area contributed by atoms with Crippen molar-refractivity contribution in [3.05, 3.63) is 29.6 Å². The maximum Gasteiger partial charge on any atom is 0.254 e. The van der Waals surface area contributed by atoms with Crippen LogP contribution in [0.5, 0.6) is 5.75 Å². The van der Waals surface area contributed by atoms with E-state index in [0.717, 1.165) is 12.8 Å². The summed E-state index contributed by atoms with van der Waals surface area (Å²) in [6, 6.07) is 4.21. The predicted octanol–water partition coefficient (Wildman–Crippen LogP) is 2.24. The Hall–Kier alpha value is -1.66. The molecule has 6 heteroatoms. The summed E-state index contributed by atoms with van der Waals surface area (Å²) >= 11 is 0. The molecule has 0 radical (unpaired) electrons. The average Bonchev–Trinajstić information content (AvgIpc) is 2.83. The molecule has 1 aromatic carbocycles. The fourth-order valence-corrected chi connectivity index (χ4v) is 3.51. The molecule has 3 unspecified atom stereocenters. The van der Waals surface area contributed by atoms with Crippen LogP contribution in [0.3, 0.4) is 0 Å². The van der Waals surface area contributed by atoms with E-state index in [1.807, 2.05) is 6.92 Å². The number of nitrogens with zero attached hydrogens (tertiary/aromatic N) is 1. The van der Waals surface area contributed by atoms with E-state index in [1.165, 1.54) is 25.3 Å². The minimum Gasteiger partial charge on any atom is -0.494 e. The summed E-state index contributed by atoms with van der Waals surface area (Å²) in [6.45, 7) is 3.55. The largest absolute Gasteiger partial charge is 0.494 e. The van der Waals surface area contributed by atoms with Gasteiger partial charge >= 0.3 is 0 Å². The van der Waals surface area contributed by atoms with Gasteiger partial charge in [0.25, 0.3) is 5.91 Å². The van der Waals surface area contributed by atoms with Crippen LogP contribution in [0.4, 0.5) is 4.39 Å². The lowest BCUT2D eigenvalue weighted by atomic mass is 10.1. The summed E-state index contributed by atoms with van der Waals surface area (Å²) in [4.78, 5) is 14.7. The number of carbonyl (C=O) groups is 1. The molecule has 1 saturated heterocycles. The Balaban J connectivity index is 1.85. The number of hydrogen-bond acceptors (Lipinski definition) is 4. The first-order valence-corrected chi connectivity index (χ1v) is 8.03. The predicted molar refractivity (Wildman–Crippen MR) is 82.2 cm³/mol. The van der Waals surface area contributed by atoms with Gasteiger partial charge in [-0.25, -0.2) is 4.39 Å². The number of ether oxygens (including phenoxy) is 3.